The molecule has 110 valence electrons. The Morgan fingerprint density at radius 2 is 2.05 bits per heavy atom. The fraction of sp³-hybridized carbons (Fsp3) is 0.529. The summed E-state index contributed by atoms with van der Waals surface area (Å²) in [6, 6.07) is 10.4. The number of likely N-dealkylation sites (tertiary alicyclic amines) is 1. The number of hydrogen-bond donors (Lipinski definition) is 1. The summed E-state index contributed by atoms with van der Waals surface area (Å²) in [4.78, 5) is 14.4. The molecule has 0 radical (unpaired) electrons. The largest absolute Gasteiger partial charge is 0.353 e. The molecule has 1 aliphatic heterocycles. The van der Waals surface area contributed by atoms with Crippen molar-refractivity contribution in [2.24, 2.45) is 5.92 Å². The molecule has 1 aliphatic carbocycles. The van der Waals surface area contributed by atoms with Crippen molar-refractivity contribution in [3.05, 3.63) is 35.4 Å². The van der Waals surface area contributed by atoms with Crippen LogP contribution in [-0.2, 0) is 11.3 Å². The molecule has 1 N–H and O–H groups in total. The second-order valence-corrected chi connectivity index (χ2v) is 6.15. The van der Waals surface area contributed by atoms with E-state index in [0.717, 1.165) is 45.3 Å². The molecule has 2 aliphatic rings. The van der Waals surface area contributed by atoms with Crippen LogP contribution in [0.5, 0.6) is 0 Å². The number of piperidine rings is 1. The predicted octanol–water partition coefficient (Wildman–Crippen LogP) is 2.05. The Kier molecular flexibility index (Phi) is 4.21. The number of carbonyl (C=O) groups excluding carboxylic acids is 1. The molecule has 1 aromatic carbocycles. The number of amides is 1. The van der Waals surface area contributed by atoms with E-state index in [4.69, 9.17) is 5.26 Å². The molecule has 1 saturated carbocycles. The van der Waals surface area contributed by atoms with Gasteiger partial charge in [0.1, 0.15) is 0 Å². The number of nitriles is 1. The van der Waals surface area contributed by atoms with E-state index in [1.165, 1.54) is 5.56 Å². The zero-order valence-electron chi connectivity index (χ0n) is 12.2. The van der Waals surface area contributed by atoms with Gasteiger partial charge in [0.2, 0.25) is 5.91 Å². The van der Waals surface area contributed by atoms with Crippen LogP contribution >= 0.6 is 0 Å². The highest BCUT2D eigenvalue weighted by molar-refractivity contribution is 5.79. The zero-order valence-corrected chi connectivity index (χ0v) is 12.2. The third-order valence-electron chi connectivity index (χ3n) is 4.34. The minimum absolute atomic E-state index is 0.187. The smallest absolute Gasteiger partial charge is 0.223 e. The first-order chi connectivity index (χ1) is 10.2. The van der Waals surface area contributed by atoms with Crippen molar-refractivity contribution >= 4 is 5.91 Å². The Hall–Kier alpha value is -1.86. The summed E-state index contributed by atoms with van der Waals surface area (Å²) in [5.41, 5.74) is 1.89. The van der Waals surface area contributed by atoms with Crippen molar-refractivity contribution < 1.29 is 4.79 Å². The van der Waals surface area contributed by atoms with Gasteiger partial charge in [-0.15, -0.1) is 0 Å². The third-order valence-corrected chi connectivity index (χ3v) is 4.34. The predicted molar refractivity (Wildman–Crippen MR) is 80.3 cm³/mol. The van der Waals surface area contributed by atoms with E-state index in [-0.39, 0.29) is 11.8 Å². The first-order valence-corrected chi connectivity index (χ1v) is 7.76. The van der Waals surface area contributed by atoms with Gasteiger partial charge in [-0.2, -0.15) is 5.26 Å². The fourth-order valence-electron chi connectivity index (χ4n) is 2.90. The second kappa shape index (κ2) is 6.28. The van der Waals surface area contributed by atoms with E-state index in [2.05, 4.69) is 22.4 Å². The van der Waals surface area contributed by atoms with Crippen LogP contribution in [0.25, 0.3) is 0 Å². The van der Waals surface area contributed by atoms with Crippen LogP contribution in [0.15, 0.2) is 24.3 Å². The van der Waals surface area contributed by atoms with Crippen LogP contribution in [0.2, 0.25) is 0 Å². The molecule has 0 atom stereocenters. The maximum Gasteiger partial charge on any atom is 0.223 e. The number of nitrogens with one attached hydrogen (secondary N) is 1. The summed E-state index contributed by atoms with van der Waals surface area (Å²) >= 11 is 0. The summed E-state index contributed by atoms with van der Waals surface area (Å²) in [6.45, 7) is 2.78. The average molecular weight is 283 g/mol. The van der Waals surface area contributed by atoms with Crippen molar-refractivity contribution in [2.45, 2.75) is 38.3 Å². The molecule has 0 spiro atoms. The molecule has 2 fully saturated rings. The van der Waals surface area contributed by atoms with Crippen LogP contribution in [0.4, 0.5) is 0 Å². The monoisotopic (exact) mass is 283 g/mol. The first-order valence-electron chi connectivity index (χ1n) is 7.76. The normalized spacial score (nSPS) is 20.0. The van der Waals surface area contributed by atoms with E-state index in [1.807, 2.05) is 18.2 Å². The summed E-state index contributed by atoms with van der Waals surface area (Å²) in [5, 5.41) is 12.0. The summed E-state index contributed by atoms with van der Waals surface area (Å²) in [5.74, 6) is 0.441. The van der Waals surface area contributed by atoms with Crippen LogP contribution < -0.4 is 5.32 Å². The van der Waals surface area contributed by atoms with Crippen LogP contribution in [0, 0.1) is 17.2 Å². The van der Waals surface area contributed by atoms with Crippen molar-refractivity contribution in [1.82, 2.24) is 10.2 Å². The maximum atomic E-state index is 12.0. The van der Waals surface area contributed by atoms with Gasteiger partial charge in [-0.1, -0.05) is 12.1 Å². The maximum absolute atomic E-state index is 12.0. The van der Waals surface area contributed by atoms with Gasteiger partial charge in [-0.25, -0.2) is 0 Å². The van der Waals surface area contributed by atoms with Gasteiger partial charge >= 0.3 is 0 Å². The molecule has 1 aromatic rings. The Labute approximate surface area is 125 Å². The van der Waals surface area contributed by atoms with Gasteiger partial charge in [0.15, 0.2) is 0 Å². The van der Waals surface area contributed by atoms with E-state index in [9.17, 15) is 4.79 Å². The van der Waals surface area contributed by atoms with E-state index in [0.29, 0.717) is 11.6 Å². The van der Waals surface area contributed by atoms with Gasteiger partial charge in [0.25, 0.3) is 0 Å². The van der Waals surface area contributed by atoms with E-state index in [1.54, 1.807) is 0 Å². The fourth-order valence-corrected chi connectivity index (χ4v) is 2.90. The number of hydrogen-bond acceptors (Lipinski definition) is 3. The number of nitrogens with zero attached hydrogens (tertiary/aromatic N) is 2. The Balaban J connectivity index is 1.48. The zero-order chi connectivity index (χ0) is 14.7. The Morgan fingerprint density at radius 3 is 2.71 bits per heavy atom. The Morgan fingerprint density at radius 1 is 1.29 bits per heavy atom. The lowest BCUT2D eigenvalue weighted by Crippen LogP contribution is -2.40. The van der Waals surface area contributed by atoms with E-state index < -0.39 is 0 Å². The number of rotatable bonds is 4. The summed E-state index contributed by atoms with van der Waals surface area (Å²) in [6.07, 6.45) is 4.19. The quantitative estimate of drug-likeness (QED) is 0.920. The first kappa shape index (κ1) is 14.1. The number of benzene rings is 1. The molecular weight excluding hydrogens is 262 g/mol. The second-order valence-electron chi connectivity index (χ2n) is 6.15. The van der Waals surface area contributed by atoms with E-state index >= 15 is 0 Å². The lowest BCUT2D eigenvalue weighted by molar-refractivity contribution is -0.126. The highest BCUT2D eigenvalue weighted by atomic mass is 16.2. The molecule has 0 aromatic heterocycles. The molecule has 1 heterocycles. The minimum Gasteiger partial charge on any atom is -0.353 e. The SMILES string of the molecule is N#Cc1cccc(CN2CCC(C(=O)NC3CC3)CC2)c1. The molecular formula is C17H21N3O. The van der Waals surface area contributed by atoms with Crippen LogP contribution in [0.3, 0.4) is 0 Å². The average Bonchev–Trinajstić information content (AvgIpc) is 3.32. The van der Waals surface area contributed by atoms with Crippen molar-refractivity contribution in [1.29, 1.82) is 5.26 Å². The number of carbonyl (C=O) groups is 1. The van der Waals surface area contributed by atoms with Crippen molar-refractivity contribution in [3.8, 4) is 6.07 Å². The standard InChI is InChI=1S/C17H21N3O/c18-11-13-2-1-3-14(10-13)12-20-8-6-15(7-9-20)17(21)19-16-4-5-16/h1-3,10,15-16H,4-9,12H2,(H,19,21). The van der Waals surface area contributed by atoms with Gasteiger partial charge in [0, 0.05) is 18.5 Å². The lowest BCUT2D eigenvalue weighted by atomic mass is 9.95. The topological polar surface area (TPSA) is 56.1 Å². The van der Waals surface area contributed by atoms with Crippen LogP contribution in [-0.4, -0.2) is 29.9 Å². The van der Waals surface area contributed by atoms with Crippen LogP contribution in [0.1, 0.15) is 36.8 Å². The van der Waals surface area contributed by atoms with Gasteiger partial charge < -0.3 is 5.32 Å². The third kappa shape index (κ3) is 3.83. The molecule has 0 unspecified atom stereocenters. The highest BCUT2D eigenvalue weighted by Crippen LogP contribution is 2.23. The van der Waals surface area contributed by atoms with Crippen molar-refractivity contribution in [2.75, 3.05) is 13.1 Å². The molecule has 1 saturated heterocycles. The molecule has 3 rings (SSSR count). The lowest BCUT2D eigenvalue weighted by Gasteiger charge is -2.31. The molecule has 4 nitrogen and oxygen atoms in total. The summed E-state index contributed by atoms with van der Waals surface area (Å²) < 4.78 is 0. The van der Waals surface area contributed by atoms with Gasteiger partial charge in [0.05, 0.1) is 11.6 Å². The Bertz CT molecular complexity index is 551. The van der Waals surface area contributed by atoms with Gasteiger partial charge in [-0.3, -0.25) is 9.69 Å². The van der Waals surface area contributed by atoms with Gasteiger partial charge in [-0.05, 0) is 56.5 Å². The minimum atomic E-state index is 0.187. The summed E-state index contributed by atoms with van der Waals surface area (Å²) in [7, 11) is 0. The molecule has 4 heteroatoms. The highest BCUT2D eigenvalue weighted by Gasteiger charge is 2.29. The van der Waals surface area contributed by atoms with Crippen molar-refractivity contribution in [3.63, 3.8) is 0 Å². The molecule has 0 bridgehead atoms. The molecule has 1 amide bonds. The molecule has 21 heavy (non-hydrogen) atoms.